The molecule has 0 fully saturated rings. The van der Waals surface area contributed by atoms with E-state index in [-0.39, 0.29) is 0 Å². The summed E-state index contributed by atoms with van der Waals surface area (Å²) in [6.07, 6.45) is 2.61. The molecule has 3 nitrogen and oxygen atoms in total. The van der Waals surface area contributed by atoms with E-state index in [1.165, 1.54) is 0 Å². The van der Waals surface area contributed by atoms with Crippen molar-refractivity contribution in [2.75, 3.05) is 6.61 Å². The first kappa shape index (κ1) is 7.28. The maximum atomic E-state index is 5.44. The molecule has 0 saturated carbocycles. The van der Waals surface area contributed by atoms with Gasteiger partial charge in [0.25, 0.3) is 0 Å². The van der Waals surface area contributed by atoms with E-state index in [1.807, 2.05) is 19.1 Å². The van der Waals surface area contributed by atoms with Crippen molar-refractivity contribution in [2.45, 2.75) is 13.3 Å². The zero-order chi connectivity index (χ0) is 8.39. The molecule has 0 atom stereocenters. The molecule has 2 heterocycles. The van der Waals surface area contributed by atoms with Crippen LogP contribution < -0.4 is 4.74 Å². The van der Waals surface area contributed by atoms with E-state index in [0.29, 0.717) is 12.4 Å². The molecule has 0 spiro atoms. The lowest BCUT2D eigenvalue weighted by Crippen LogP contribution is -1.99. The second-order valence-corrected chi connectivity index (χ2v) is 2.77. The van der Waals surface area contributed by atoms with Crippen LogP contribution in [0.4, 0.5) is 5.82 Å². The number of fused-ring (bicyclic) bond motifs is 1. The van der Waals surface area contributed by atoms with Crippen LogP contribution in [-0.4, -0.2) is 17.3 Å². The number of ether oxygens (including phenoxy) is 1. The number of rotatable bonds is 0. The molecule has 0 amide bonds. The van der Waals surface area contributed by atoms with Crippen molar-refractivity contribution in [3.8, 4) is 5.75 Å². The van der Waals surface area contributed by atoms with Crippen molar-refractivity contribution in [1.29, 1.82) is 0 Å². The quantitative estimate of drug-likeness (QED) is 0.584. The normalized spacial score (nSPS) is 15.6. The zero-order valence-corrected chi connectivity index (χ0v) is 6.95. The van der Waals surface area contributed by atoms with Crippen molar-refractivity contribution in [3.63, 3.8) is 0 Å². The lowest BCUT2D eigenvalue weighted by Gasteiger charge is -2.01. The standard InChI is InChI=1S/C9H10N2O/c1-7-4-6-12-8-3-2-5-10-9(8)11-7/h2-3,5H,4,6H2,1H3. The van der Waals surface area contributed by atoms with Crippen LogP contribution >= 0.6 is 0 Å². The maximum Gasteiger partial charge on any atom is 0.194 e. The number of hydrogen-bond donors (Lipinski definition) is 0. The Hall–Kier alpha value is -1.38. The van der Waals surface area contributed by atoms with E-state index in [4.69, 9.17) is 4.74 Å². The molecule has 0 unspecified atom stereocenters. The zero-order valence-electron chi connectivity index (χ0n) is 6.95. The summed E-state index contributed by atoms with van der Waals surface area (Å²) in [6, 6.07) is 3.75. The van der Waals surface area contributed by atoms with E-state index < -0.39 is 0 Å². The van der Waals surface area contributed by atoms with Gasteiger partial charge < -0.3 is 4.74 Å². The lowest BCUT2D eigenvalue weighted by molar-refractivity contribution is 0.332. The highest BCUT2D eigenvalue weighted by Gasteiger charge is 2.07. The fraction of sp³-hybridized carbons (Fsp3) is 0.333. The molecule has 0 N–H and O–H groups in total. The van der Waals surface area contributed by atoms with Crippen LogP contribution in [0.15, 0.2) is 23.3 Å². The van der Waals surface area contributed by atoms with E-state index in [1.54, 1.807) is 6.20 Å². The van der Waals surface area contributed by atoms with Gasteiger partial charge in [-0.15, -0.1) is 0 Å². The summed E-state index contributed by atoms with van der Waals surface area (Å²) in [6.45, 7) is 2.70. The molecule has 2 rings (SSSR count). The van der Waals surface area contributed by atoms with E-state index in [2.05, 4.69) is 9.98 Å². The Kier molecular flexibility index (Phi) is 1.78. The van der Waals surface area contributed by atoms with Gasteiger partial charge in [-0.25, -0.2) is 9.98 Å². The Bertz CT molecular complexity index is 320. The van der Waals surface area contributed by atoms with E-state index in [0.717, 1.165) is 17.9 Å². The van der Waals surface area contributed by atoms with Crippen molar-refractivity contribution in [2.24, 2.45) is 4.99 Å². The molecule has 0 aromatic carbocycles. The summed E-state index contributed by atoms with van der Waals surface area (Å²) in [5.41, 5.74) is 1.08. The highest BCUT2D eigenvalue weighted by atomic mass is 16.5. The monoisotopic (exact) mass is 162 g/mol. The second kappa shape index (κ2) is 2.93. The van der Waals surface area contributed by atoms with Gasteiger partial charge in [-0.1, -0.05) is 0 Å². The Labute approximate surface area is 71.1 Å². The first-order valence-electron chi connectivity index (χ1n) is 3.98. The minimum absolute atomic E-state index is 0.701. The highest BCUT2D eigenvalue weighted by Crippen LogP contribution is 2.26. The predicted molar refractivity (Wildman–Crippen MR) is 47.1 cm³/mol. The summed E-state index contributed by atoms with van der Waals surface area (Å²) < 4.78 is 5.44. The van der Waals surface area contributed by atoms with Gasteiger partial charge in [0, 0.05) is 18.3 Å². The Balaban J connectivity index is 2.47. The number of nitrogens with zero attached hydrogens (tertiary/aromatic N) is 2. The number of pyridine rings is 1. The largest absolute Gasteiger partial charge is 0.489 e. The van der Waals surface area contributed by atoms with Crippen molar-refractivity contribution < 1.29 is 4.74 Å². The predicted octanol–water partition coefficient (Wildman–Crippen LogP) is 1.96. The average Bonchev–Trinajstić information content (AvgIpc) is 2.25. The summed E-state index contributed by atoms with van der Waals surface area (Å²) in [5.74, 6) is 1.49. The van der Waals surface area contributed by atoms with Crippen molar-refractivity contribution in [1.82, 2.24) is 4.98 Å². The SMILES string of the molecule is CC1=Nc2ncccc2OCC1. The van der Waals surface area contributed by atoms with Crippen LogP contribution in [-0.2, 0) is 0 Å². The minimum Gasteiger partial charge on any atom is -0.489 e. The van der Waals surface area contributed by atoms with Crippen LogP contribution in [0.5, 0.6) is 5.75 Å². The van der Waals surface area contributed by atoms with Crippen LogP contribution in [0.1, 0.15) is 13.3 Å². The van der Waals surface area contributed by atoms with Gasteiger partial charge in [0.2, 0.25) is 0 Å². The Morgan fingerprint density at radius 2 is 2.42 bits per heavy atom. The van der Waals surface area contributed by atoms with Crippen LogP contribution in [0.3, 0.4) is 0 Å². The summed E-state index contributed by atoms with van der Waals surface area (Å²) in [4.78, 5) is 8.44. The fourth-order valence-corrected chi connectivity index (χ4v) is 1.12. The smallest absolute Gasteiger partial charge is 0.194 e. The van der Waals surface area contributed by atoms with Crippen LogP contribution in [0, 0.1) is 0 Å². The van der Waals surface area contributed by atoms with E-state index >= 15 is 0 Å². The summed E-state index contributed by atoms with van der Waals surface area (Å²) in [5, 5.41) is 0. The van der Waals surface area contributed by atoms with Gasteiger partial charge in [0.05, 0.1) is 6.61 Å². The molecule has 12 heavy (non-hydrogen) atoms. The van der Waals surface area contributed by atoms with Gasteiger partial charge in [0.1, 0.15) is 0 Å². The van der Waals surface area contributed by atoms with Crippen molar-refractivity contribution in [3.05, 3.63) is 18.3 Å². The van der Waals surface area contributed by atoms with Gasteiger partial charge in [-0.2, -0.15) is 0 Å². The van der Waals surface area contributed by atoms with Crippen molar-refractivity contribution >= 4 is 11.5 Å². The molecule has 0 radical (unpaired) electrons. The molecule has 0 bridgehead atoms. The highest BCUT2D eigenvalue weighted by molar-refractivity contribution is 5.85. The fourth-order valence-electron chi connectivity index (χ4n) is 1.12. The maximum absolute atomic E-state index is 5.44. The van der Waals surface area contributed by atoms with Gasteiger partial charge in [0.15, 0.2) is 11.6 Å². The van der Waals surface area contributed by atoms with Gasteiger partial charge in [-0.05, 0) is 19.1 Å². The first-order valence-corrected chi connectivity index (χ1v) is 3.98. The minimum atomic E-state index is 0.701. The van der Waals surface area contributed by atoms with E-state index in [9.17, 15) is 0 Å². The first-order chi connectivity index (χ1) is 5.86. The van der Waals surface area contributed by atoms with Gasteiger partial charge >= 0.3 is 0 Å². The summed E-state index contributed by atoms with van der Waals surface area (Å²) >= 11 is 0. The third-order valence-electron chi connectivity index (χ3n) is 1.77. The average molecular weight is 162 g/mol. The molecule has 62 valence electrons. The van der Waals surface area contributed by atoms with Crippen LogP contribution in [0.25, 0.3) is 0 Å². The lowest BCUT2D eigenvalue weighted by atomic mass is 10.3. The molecule has 1 aromatic heterocycles. The van der Waals surface area contributed by atoms with Crippen LogP contribution in [0.2, 0.25) is 0 Å². The molecular formula is C9H10N2O. The topological polar surface area (TPSA) is 34.5 Å². The third kappa shape index (κ3) is 1.30. The Morgan fingerprint density at radius 3 is 3.33 bits per heavy atom. The molecule has 1 aliphatic heterocycles. The molecular weight excluding hydrogens is 152 g/mol. The Morgan fingerprint density at radius 1 is 1.50 bits per heavy atom. The molecule has 0 saturated heterocycles. The number of aromatic nitrogens is 1. The van der Waals surface area contributed by atoms with Gasteiger partial charge in [-0.3, -0.25) is 0 Å². The third-order valence-corrected chi connectivity index (χ3v) is 1.77. The second-order valence-electron chi connectivity index (χ2n) is 2.77. The molecule has 0 aliphatic carbocycles. The number of hydrogen-bond acceptors (Lipinski definition) is 3. The summed E-state index contributed by atoms with van der Waals surface area (Å²) in [7, 11) is 0. The molecule has 1 aliphatic rings. The molecule has 3 heteroatoms. The molecule has 1 aromatic rings. The number of aliphatic imine (C=N–C) groups is 1.